The summed E-state index contributed by atoms with van der Waals surface area (Å²) in [6, 6.07) is 8.02. The molecule has 1 aliphatic carbocycles. The minimum absolute atomic E-state index is 0.186. The van der Waals surface area contributed by atoms with Crippen LogP contribution in [0.15, 0.2) is 24.3 Å². The molecule has 1 fully saturated rings. The summed E-state index contributed by atoms with van der Waals surface area (Å²) in [7, 11) is 0. The molecule has 0 heterocycles. The van der Waals surface area contributed by atoms with Gasteiger partial charge < -0.3 is 4.74 Å². The molecule has 23 heavy (non-hydrogen) atoms. The largest absolute Gasteiger partial charge is 0.456 e. The van der Waals surface area contributed by atoms with Gasteiger partial charge in [-0.05, 0) is 54.9 Å². The molecular weight excluding hydrogens is 290 g/mol. The van der Waals surface area contributed by atoms with E-state index >= 15 is 0 Å². The normalized spacial score (nSPS) is 24.0. The Balaban J connectivity index is 2.06. The SMILES string of the molecule is CC(C)[C@@H]1CC[C@@H](C)C[C@H]1OC(=O)C(=O)c1ccc(C#N)cc1. The van der Waals surface area contributed by atoms with Gasteiger partial charge in [0.05, 0.1) is 11.6 Å². The van der Waals surface area contributed by atoms with E-state index in [1.165, 1.54) is 24.3 Å². The van der Waals surface area contributed by atoms with Crippen molar-refractivity contribution in [2.24, 2.45) is 17.8 Å². The van der Waals surface area contributed by atoms with Crippen LogP contribution in [0.4, 0.5) is 0 Å². The first-order chi connectivity index (χ1) is 10.9. The molecule has 1 aromatic rings. The van der Waals surface area contributed by atoms with E-state index in [0.29, 0.717) is 23.3 Å². The van der Waals surface area contributed by atoms with Gasteiger partial charge in [-0.3, -0.25) is 4.79 Å². The highest BCUT2D eigenvalue weighted by Gasteiger charge is 2.34. The molecule has 0 aliphatic heterocycles. The second-order valence-corrected chi connectivity index (χ2v) is 6.79. The van der Waals surface area contributed by atoms with Gasteiger partial charge in [0.2, 0.25) is 0 Å². The molecule has 0 radical (unpaired) electrons. The first-order valence-corrected chi connectivity index (χ1v) is 8.17. The predicted octanol–water partition coefficient (Wildman–Crippen LogP) is 3.74. The van der Waals surface area contributed by atoms with Crippen LogP contribution in [-0.2, 0) is 9.53 Å². The Kier molecular flexibility index (Phi) is 5.54. The van der Waals surface area contributed by atoms with Gasteiger partial charge in [-0.1, -0.05) is 27.2 Å². The van der Waals surface area contributed by atoms with Crippen molar-refractivity contribution in [1.82, 2.24) is 0 Å². The summed E-state index contributed by atoms with van der Waals surface area (Å²) in [5.74, 6) is -0.197. The third kappa shape index (κ3) is 4.19. The highest BCUT2D eigenvalue weighted by Crippen LogP contribution is 2.35. The topological polar surface area (TPSA) is 67.2 Å². The van der Waals surface area contributed by atoms with Crippen LogP contribution >= 0.6 is 0 Å². The predicted molar refractivity (Wildman–Crippen MR) is 86.7 cm³/mol. The first kappa shape index (κ1) is 17.2. The minimum Gasteiger partial charge on any atom is -0.456 e. The van der Waals surface area contributed by atoms with Crippen molar-refractivity contribution in [2.45, 2.75) is 46.1 Å². The second kappa shape index (κ2) is 7.41. The summed E-state index contributed by atoms with van der Waals surface area (Å²) >= 11 is 0. The zero-order valence-electron chi connectivity index (χ0n) is 13.9. The summed E-state index contributed by atoms with van der Waals surface area (Å²) in [6.45, 7) is 6.41. The van der Waals surface area contributed by atoms with Crippen molar-refractivity contribution in [2.75, 3.05) is 0 Å². The lowest BCUT2D eigenvalue weighted by atomic mass is 9.75. The van der Waals surface area contributed by atoms with Crippen LogP contribution in [0.3, 0.4) is 0 Å². The van der Waals surface area contributed by atoms with E-state index in [1.54, 1.807) is 0 Å². The number of rotatable bonds is 4. The molecule has 0 bridgehead atoms. The Morgan fingerprint density at radius 3 is 2.43 bits per heavy atom. The molecule has 2 rings (SSSR count). The summed E-state index contributed by atoms with van der Waals surface area (Å²) in [5.41, 5.74) is 0.717. The number of carbonyl (C=O) groups is 2. The number of hydrogen-bond acceptors (Lipinski definition) is 4. The van der Waals surface area contributed by atoms with E-state index in [9.17, 15) is 9.59 Å². The molecule has 1 saturated carbocycles. The number of nitriles is 1. The second-order valence-electron chi connectivity index (χ2n) is 6.79. The van der Waals surface area contributed by atoms with Crippen LogP contribution in [-0.4, -0.2) is 17.9 Å². The molecule has 4 nitrogen and oxygen atoms in total. The highest BCUT2D eigenvalue weighted by molar-refractivity contribution is 6.40. The molecule has 0 aromatic heterocycles. The monoisotopic (exact) mass is 313 g/mol. The van der Waals surface area contributed by atoms with Gasteiger partial charge in [0.15, 0.2) is 0 Å². The average molecular weight is 313 g/mol. The number of benzene rings is 1. The van der Waals surface area contributed by atoms with E-state index < -0.39 is 11.8 Å². The van der Waals surface area contributed by atoms with Crippen LogP contribution < -0.4 is 0 Å². The zero-order valence-corrected chi connectivity index (χ0v) is 13.9. The highest BCUT2D eigenvalue weighted by atomic mass is 16.5. The standard InChI is InChI=1S/C19H23NO3/c1-12(2)16-9-4-13(3)10-17(16)23-19(22)18(21)15-7-5-14(11-20)6-8-15/h5-8,12-13,16-17H,4,9-10H2,1-3H3/t13-,16+,17-/m1/s1. The number of ether oxygens (including phenoxy) is 1. The van der Waals surface area contributed by atoms with Gasteiger partial charge in [-0.25, -0.2) is 4.79 Å². The molecule has 1 aliphatic rings. The lowest BCUT2D eigenvalue weighted by Crippen LogP contribution is -2.37. The van der Waals surface area contributed by atoms with E-state index in [1.807, 2.05) is 6.07 Å². The average Bonchev–Trinajstić information content (AvgIpc) is 2.54. The first-order valence-electron chi connectivity index (χ1n) is 8.17. The van der Waals surface area contributed by atoms with Crippen molar-refractivity contribution in [1.29, 1.82) is 5.26 Å². The molecular formula is C19H23NO3. The minimum atomic E-state index is -0.792. The maximum atomic E-state index is 12.2. The quantitative estimate of drug-likeness (QED) is 0.482. The maximum absolute atomic E-state index is 12.2. The Morgan fingerprint density at radius 2 is 1.87 bits per heavy atom. The molecule has 1 aromatic carbocycles. The number of ketones is 1. The fourth-order valence-corrected chi connectivity index (χ4v) is 3.26. The van der Waals surface area contributed by atoms with Crippen molar-refractivity contribution >= 4 is 11.8 Å². The Labute approximate surface area is 137 Å². The fourth-order valence-electron chi connectivity index (χ4n) is 3.26. The van der Waals surface area contributed by atoms with E-state index in [0.717, 1.165) is 19.3 Å². The van der Waals surface area contributed by atoms with Gasteiger partial charge in [0.25, 0.3) is 5.78 Å². The van der Waals surface area contributed by atoms with Crippen LogP contribution in [0.1, 0.15) is 56.0 Å². The molecule has 3 atom stereocenters. The van der Waals surface area contributed by atoms with Gasteiger partial charge >= 0.3 is 5.97 Å². The number of hydrogen-bond donors (Lipinski definition) is 0. The Morgan fingerprint density at radius 1 is 1.22 bits per heavy atom. The number of Topliss-reactive ketones (excluding diaryl/α,β-unsaturated/α-hetero) is 1. The summed E-state index contributed by atoms with van der Waals surface area (Å²) in [6.07, 6.45) is 2.80. The number of esters is 1. The van der Waals surface area contributed by atoms with Crippen molar-refractivity contribution < 1.29 is 14.3 Å². The molecule has 4 heteroatoms. The molecule has 0 unspecified atom stereocenters. The Hall–Kier alpha value is -2.15. The number of nitrogens with zero attached hydrogens (tertiary/aromatic N) is 1. The van der Waals surface area contributed by atoms with E-state index in [-0.39, 0.29) is 11.7 Å². The Bertz CT molecular complexity index is 612. The van der Waals surface area contributed by atoms with Gasteiger partial charge in [-0.2, -0.15) is 5.26 Å². The fraction of sp³-hybridized carbons (Fsp3) is 0.526. The third-order valence-electron chi connectivity index (χ3n) is 4.68. The van der Waals surface area contributed by atoms with E-state index in [4.69, 9.17) is 10.00 Å². The lowest BCUT2D eigenvalue weighted by molar-refractivity contribution is -0.149. The summed E-state index contributed by atoms with van der Waals surface area (Å²) in [5, 5.41) is 8.77. The van der Waals surface area contributed by atoms with Gasteiger partial charge in [0, 0.05) is 5.56 Å². The smallest absolute Gasteiger partial charge is 0.379 e. The van der Waals surface area contributed by atoms with Gasteiger partial charge in [0.1, 0.15) is 6.10 Å². The van der Waals surface area contributed by atoms with Crippen molar-refractivity contribution in [3.05, 3.63) is 35.4 Å². The summed E-state index contributed by atoms with van der Waals surface area (Å²) in [4.78, 5) is 24.4. The maximum Gasteiger partial charge on any atom is 0.379 e. The van der Waals surface area contributed by atoms with Crippen LogP contribution in [0.5, 0.6) is 0 Å². The molecule has 0 spiro atoms. The molecule has 122 valence electrons. The van der Waals surface area contributed by atoms with Crippen LogP contribution in [0, 0.1) is 29.1 Å². The molecule has 0 amide bonds. The van der Waals surface area contributed by atoms with Crippen LogP contribution in [0.2, 0.25) is 0 Å². The number of carbonyl (C=O) groups excluding carboxylic acids is 2. The summed E-state index contributed by atoms with van der Waals surface area (Å²) < 4.78 is 5.55. The van der Waals surface area contributed by atoms with Crippen molar-refractivity contribution in [3.63, 3.8) is 0 Å². The van der Waals surface area contributed by atoms with Crippen LogP contribution in [0.25, 0.3) is 0 Å². The van der Waals surface area contributed by atoms with Crippen molar-refractivity contribution in [3.8, 4) is 6.07 Å². The zero-order chi connectivity index (χ0) is 17.0. The third-order valence-corrected chi connectivity index (χ3v) is 4.68. The lowest BCUT2D eigenvalue weighted by Gasteiger charge is -2.36. The van der Waals surface area contributed by atoms with E-state index in [2.05, 4.69) is 20.8 Å². The molecule has 0 saturated heterocycles. The molecule has 0 N–H and O–H groups in total. The van der Waals surface area contributed by atoms with Gasteiger partial charge in [-0.15, -0.1) is 0 Å².